The van der Waals surface area contributed by atoms with Crippen molar-refractivity contribution in [2.75, 3.05) is 0 Å². The molecule has 2 nitrogen and oxygen atoms in total. The fourth-order valence-electron chi connectivity index (χ4n) is 3.15. The summed E-state index contributed by atoms with van der Waals surface area (Å²) in [7, 11) is 0. The van der Waals surface area contributed by atoms with Gasteiger partial charge in [0, 0.05) is 23.8 Å². The van der Waals surface area contributed by atoms with E-state index in [0.29, 0.717) is 12.0 Å². The smallest absolute Gasteiger partial charge is 0.0346 e. The molecule has 1 aliphatic rings. The van der Waals surface area contributed by atoms with Crippen LogP contribution in [0.2, 0.25) is 0 Å². The summed E-state index contributed by atoms with van der Waals surface area (Å²) in [5, 5.41) is 2.60. The lowest BCUT2D eigenvalue weighted by Crippen LogP contribution is -2.20. The lowest BCUT2D eigenvalue weighted by atomic mass is 9.88. The summed E-state index contributed by atoms with van der Waals surface area (Å²) in [5.74, 6) is 0.584. The first kappa shape index (κ1) is 11.7. The molecule has 2 heteroatoms. The first-order valence-corrected chi connectivity index (χ1v) is 6.93. The summed E-state index contributed by atoms with van der Waals surface area (Å²) in [6.07, 6.45) is 10.1. The number of nitrogens with two attached hydrogens (primary N) is 1. The largest absolute Gasteiger partial charge is 0.328 e. The molecule has 1 aliphatic carbocycles. The van der Waals surface area contributed by atoms with E-state index in [-0.39, 0.29) is 0 Å². The third-order valence-electron chi connectivity index (χ3n) is 4.10. The molecule has 94 valence electrons. The Morgan fingerprint density at radius 1 is 1.06 bits per heavy atom. The van der Waals surface area contributed by atoms with Gasteiger partial charge in [-0.05, 0) is 36.1 Å². The molecule has 0 bridgehead atoms. The average Bonchev–Trinajstić information content (AvgIpc) is 2.63. The summed E-state index contributed by atoms with van der Waals surface area (Å²) in [5.41, 5.74) is 7.58. The van der Waals surface area contributed by atoms with Gasteiger partial charge in [0.1, 0.15) is 0 Å². The number of benzene rings is 1. The highest BCUT2D eigenvalue weighted by atomic mass is 14.6. The van der Waals surface area contributed by atoms with Crippen molar-refractivity contribution < 1.29 is 0 Å². The van der Waals surface area contributed by atoms with E-state index < -0.39 is 0 Å². The second-order valence-corrected chi connectivity index (χ2v) is 5.43. The number of rotatable bonds is 1. The Balaban J connectivity index is 2.02. The number of hydrogen-bond donors (Lipinski definition) is 1. The van der Waals surface area contributed by atoms with E-state index in [9.17, 15) is 0 Å². The molecule has 1 heterocycles. The molecule has 2 atom stereocenters. The van der Waals surface area contributed by atoms with E-state index in [4.69, 9.17) is 5.73 Å². The predicted octanol–water partition coefficient (Wildman–Crippen LogP) is 3.61. The second kappa shape index (κ2) is 5.07. The molecule has 1 aromatic heterocycles. The van der Waals surface area contributed by atoms with E-state index in [2.05, 4.69) is 29.2 Å². The fourth-order valence-corrected chi connectivity index (χ4v) is 3.15. The normalized spacial score (nSPS) is 24.9. The number of fused-ring (bicyclic) bond motifs is 1. The molecular weight excluding hydrogens is 220 g/mol. The third kappa shape index (κ3) is 2.25. The highest BCUT2D eigenvalue weighted by molar-refractivity contribution is 5.85. The van der Waals surface area contributed by atoms with Gasteiger partial charge in [0.15, 0.2) is 0 Å². The molecule has 1 fully saturated rings. The molecule has 1 saturated carbocycles. The molecule has 0 aliphatic heterocycles. The molecule has 0 saturated heterocycles. The van der Waals surface area contributed by atoms with Crippen LogP contribution in [-0.4, -0.2) is 11.0 Å². The Bertz CT molecular complexity index is 530. The Hall–Kier alpha value is -1.41. The van der Waals surface area contributed by atoms with Gasteiger partial charge < -0.3 is 5.73 Å². The van der Waals surface area contributed by atoms with Gasteiger partial charge in [0.25, 0.3) is 0 Å². The molecule has 18 heavy (non-hydrogen) atoms. The molecule has 2 aromatic rings. The van der Waals surface area contributed by atoms with Gasteiger partial charge in [-0.25, -0.2) is 0 Å². The standard InChI is InChI=1S/C16H20N2/c17-14-7-3-1-5-12(9-14)16-11-18-10-13-6-2-4-8-15(13)16/h2,4,6,8,10-12,14H,1,3,5,7,9,17H2. The molecular formula is C16H20N2. The molecule has 0 radical (unpaired) electrons. The molecule has 2 N–H and O–H groups in total. The first-order valence-electron chi connectivity index (χ1n) is 6.93. The number of nitrogens with zero attached hydrogens (tertiary/aromatic N) is 1. The van der Waals surface area contributed by atoms with Crippen molar-refractivity contribution in [3.63, 3.8) is 0 Å². The maximum Gasteiger partial charge on any atom is 0.0346 e. The third-order valence-corrected chi connectivity index (χ3v) is 4.10. The molecule has 3 rings (SSSR count). The predicted molar refractivity (Wildman–Crippen MR) is 75.5 cm³/mol. The van der Waals surface area contributed by atoms with Crippen molar-refractivity contribution in [1.29, 1.82) is 0 Å². The topological polar surface area (TPSA) is 38.9 Å². The minimum absolute atomic E-state index is 0.358. The van der Waals surface area contributed by atoms with Crippen molar-refractivity contribution in [2.45, 2.75) is 44.1 Å². The van der Waals surface area contributed by atoms with Gasteiger partial charge in [-0.3, -0.25) is 4.98 Å². The van der Waals surface area contributed by atoms with Crippen molar-refractivity contribution in [3.05, 3.63) is 42.2 Å². The number of pyridine rings is 1. The van der Waals surface area contributed by atoms with Gasteiger partial charge in [-0.2, -0.15) is 0 Å². The Morgan fingerprint density at radius 2 is 1.89 bits per heavy atom. The fraction of sp³-hybridized carbons (Fsp3) is 0.438. The van der Waals surface area contributed by atoms with E-state index >= 15 is 0 Å². The summed E-state index contributed by atoms with van der Waals surface area (Å²) in [6.45, 7) is 0. The zero-order chi connectivity index (χ0) is 12.4. The zero-order valence-electron chi connectivity index (χ0n) is 10.7. The van der Waals surface area contributed by atoms with Gasteiger partial charge in [-0.15, -0.1) is 0 Å². The Morgan fingerprint density at radius 3 is 2.83 bits per heavy atom. The summed E-state index contributed by atoms with van der Waals surface area (Å²) >= 11 is 0. The first-order chi connectivity index (χ1) is 8.84. The summed E-state index contributed by atoms with van der Waals surface area (Å²) < 4.78 is 0. The van der Waals surface area contributed by atoms with Gasteiger partial charge in [0.05, 0.1) is 0 Å². The molecule has 0 amide bonds. The maximum atomic E-state index is 6.19. The van der Waals surface area contributed by atoms with Crippen LogP contribution in [0.5, 0.6) is 0 Å². The minimum Gasteiger partial charge on any atom is -0.328 e. The van der Waals surface area contributed by atoms with Crippen LogP contribution in [0.1, 0.15) is 43.6 Å². The van der Waals surface area contributed by atoms with E-state index in [1.165, 1.54) is 42.0 Å². The van der Waals surface area contributed by atoms with E-state index in [1.54, 1.807) is 0 Å². The summed E-state index contributed by atoms with van der Waals surface area (Å²) in [6, 6.07) is 8.90. The van der Waals surface area contributed by atoms with Crippen molar-refractivity contribution >= 4 is 10.8 Å². The monoisotopic (exact) mass is 240 g/mol. The Kier molecular flexibility index (Phi) is 3.28. The van der Waals surface area contributed by atoms with Crippen LogP contribution in [0.3, 0.4) is 0 Å². The lowest BCUT2D eigenvalue weighted by Gasteiger charge is -2.19. The second-order valence-electron chi connectivity index (χ2n) is 5.43. The van der Waals surface area contributed by atoms with Crippen LogP contribution in [0.15, 0.2) is 36.7 Å². The van der Waals surface area contributed by atoms with Crippen LogP contribution < -0.4 is 5.73 Å². The van der Waals surface area contributed by atoms with Crippen LogP contribution in [0.25, 0.3) is 10.8 Å². The zero-order valence-corrected chi connectivity index (χ0v) is 10.7. The van der Waals surface area contributed by atoms with Crippen molar-refractivity contribution in [1.82, 2.24) is 4.98 Å². The lowest BCUT2D eigenvalue weighted by molar-refractivity contribution is 0.537. The van der Waals surface area contributed by atoms with Crippen LogP contribution in [0.4, 0.5) is 0 Å². The average molecular weight is 240 g/mol. The van der Waals surface area contributed by atoms with Crippen molar-refractivity contribution in [2.24, 2.45) is 5.73 Å². The van der Waals surface area contributed by atoms with E-state index in [1.807, 2.05) is 12.4 Å². The van der Waals surface area contributed by atoms with Gasteiger partial charge in [0.2, 0.25) is 0 Å². The quantitative estimate of drug-likeness (QED) is 0.773. The Labute approximate surface area is 108 Å². The minimum atomic E-state index is 0.358. The van der Waals surface area contributed by atoms with Crippen LogP contribution >= 0.6 is 0 Å². The van der Waals surface area contributed by atoms with Gasteiger partial charge >= 0.3 is 0 Å². The SMILES string of the molecule is NC1CCCCC(c2cncc3ccccc23)C1. The maximum absolute atomic E-state index is 6.19. The van der Waals surface area contributed by atoms with Crippen LogP contribution in [-0.2, 0) is 0 Å². The molecule has 2 unspecified atom stereocenters. The van der Waals surface area contributed by atoms with Crippen LogP contribution in [0, 0.1) is 0 Å². The van der Waals surface area contributed by atoms with Crippen molar-refractivity contribution in [3.8, 4) is 0 Å². The molecule has 0 spiro atoms. The molecule has 1 aromatic carbocycles. The highest BCUT2D eigenvalue weighted by Crippen LogP contribution is 2.34. The highest BCUT2D eigenvalue weighted by Gasteiger charge is 2.20. The summed E-state index contributed by atoms with van der Waals surface area (Å²) in [4.78, 5) is 4.40. The number of aromatic nitrogens is 1. The number of hydrogen-bond acceptors (Lipinski definition) is 2. The van der Waals surface area contributed by atoms with E-state index in [0.717, 1.165) is 6.42 Å². The van der Waals surface area contributed by atoms with Gasteiger partial charge in [-0.1, -0.05) is 37.1 Å².